The van der Waals surface area contributed by atoms with E-state index in [0.29, 0.717) is 11.1 Å². The van der Waals surface area contributed by atoms with Gasteiger partial charge >= 0.3 is 6.18 Å². The lowest BCUT2D eigenvalue weighted by atomic mass is 10.0. The number of halogens is 3. The van der Waals surface area contributed by atoms with Gasteiger partial charge in [-0.05, 0) is 23.1 Å². The Labute approximate surface area is 106 Å². The van der Waals surface area contributed by atoms with Gasteiger partial charge in [-0.15, -0.1) is 0 Å². The van der Waals surface area contributed by atoms with Crippen LogP contribution in [0.15, 0.2) is 41.1 Å². The summed E-state index contributed by atoms with van der Waals surface area (Å²) in [5.74, 6) is -0.171. The van der Waals surface area contributed by atoms with Crippen LogP contribution in [0.2, 0.25) is 0 Å². The summed E-state index contributed by atoms with van der Waals surface area (Å²) in [6.45, 7) is 0. The number of hydrogen-bond acceptors (Lipinski definition) is 2. The van der Waals surface area contributed by atoms with Gasteiger partial charge in [-0.3, -0.25) is 4.79 Å². The molecule has 0 saturated heterocycles. The molecule has 0 aliphatic carbocycles. The topological polar surface area (TPSA) is 17.1 Å². The number of ketones is 1. The Balaban J connectivity index is 2.18. The SMILES string of the molecule is O=C(Cc1cccc(C(F)(F)F)c1)c1ccsc1. The first-order valence-electron chi connectivity index (χ1n) is 5.18. The minimum absolute atomic E-state index is 0.0132. The largest absolute Gasteiger partial charge is 0.416 e. The molecule has 0 fully saturated rings. The normalized spacial score (nSPS) is 11.5. The van der Waals surface area contributed by atoms with Gasteiger partial charge in [0.05, 0.1) is 5.56 Å². The molecule has 0 atom stereocenters. The van der Waals surface area contributed by atoms with Crippen molar-refractivity contribution in [2.75, 3.05) is 0 Å². The molecule has 5 heteroatoms. The fourth-order valence-corrected chi connectivity index (χ4v) is 2.23. The monoisotopic (exact) mass is 270 g/mol. The van der Waals surface area contributed by atoms with Crippen LogP contribution < -0.4 is 0 Å². The van der Waals surface area contributed by atoms with E-state index in [-0.39, 0.29) is 12.2 Å². The molecule has 0 spiro atoms. The van der Waals surface area contributed by atoms with Gasteiger partial charge in [-0.1, -0.05) is 18.2 Å². The lowest BCUT2D eigenvalue weighted by Gasteiger charge is -2.08. The molecule has 18 heavy (non-hydrogen) atoms. The smallest absolute Gasteiger partial charge is 0.294 e. The van der Waals surface area contributed by atoms with E-state index >= 15 is 0 Å². The Morgan fingerprint density at radius 2 is 2.00 bits per heavy atom. The predicted molar refractivity (Wildman–Crippen MR) is 63.8 cm³/mol. The maximum absolute atomic E-state index is 12.5. The van der Waals surface area contributed by atoms with Gasteiger partial charge in [0.1, 0.15) is 0 Å². The highest BCUT2D eigenvalue weighted by molar-refractivity contribution is 7.08. The zero-order valence-corrected chi connectivity index (χ0v) is 10.0. The van der Waals surface area contributed by atoms with Crippen LogP contribution in [0.3, 0.4) is 0 Å². The minimum Gasteiger partial charge on any atom is -0.294 e. The van der Waals surface area contributed by atoms with Crippen LogP contribution in [0.4, 0.5) is 13.2 Å². The van der Waals surface area contributed by atoms with Crippen molar-refractivity contribution >= 4 is 17.1 Å². The zero-order chi connectivity index (χ0) is 13.2. The molecule has 0 unspecified atom stereocenters. The van der Waals surface area contributed by atoms with Gasteiger partial charge in [0.15, 0.2) is 5.78 Å². The van der Waals surface area contributed by atoms with E-state index in [0.717, 1.165) is 12.1 Å². The zero-order valence-electron chi connectivity index (χ0n) is 9.20. The second kappa shape index (κ2) is 4.94. The lowest BCUT2D eigenvalue weighted by Crippen LogP contribution is -2.07. The number of rotatable bonds is 3. The van der Waals surface area contributed by atoms with E-state index in [2.05, 4.69) is 0 Å². The van der Waals surface area contributed by atoms with Crippen LogP contribution >= 0.6 is 11.3 Å². The number of hydrogen-bond donors (Lipinski definition) is 0. The molecule has 94 valence electrons. The highest BCUT2D eigenvalue weighted by atomic mass is 32.1. The number of benzene rings is 1. The van der Waals surface area contributed by atoms with Crippen molar-refractivity contribution < 1.29 is 18.0 Å². The van der Waals surface area contributed by atoms with Gasteiger partial charge < -0.3 is 0 Å². The summed E-state index contributed by atoms with van der Waals surface area (Å²) < 4.78 is 37.5. The first-order chi connectivity index (χ1) is 8.47. The molecule has 0 radical (unpaired) electrons. The molecule has 0 aliphatic heterocycles. The van der Waals surface area contributed by atoms with E-state index in [1.165, 1.54) is 23.5 Å². The summed E-state index contributed by atoms with van der Waals surface area (Å²) >= 11 is 1.39. The molecule has 1 nitrogen and oxygen atoms in total. The Morgan fingerprint density at radius 3 is 2.61 bits per heavy atom. The van der Waals surface area contributed by atoms with Gasteiger partial charge in [0.2, 0.25) is 0 Å². The third-order valence-corrected chi connectivity index (χ3v) is 3.15. The van der Waals surface area contributed by atoms with Crippen LogP contribution in [0.5, 0.6) is 0 Å². The Bertz CT molecular complexity index is 544. The van der Waals surface area contributed by atoms with E-state index in [4.69, 9.17) is 0 Å². The van der Waals surface area contributed by atoms with Crippen LogP contribution in [0, 0.1) is 0 Å². The fraction of sp³-hybridized carbons (Fsp3) is 0.154. The summed E-state index contributed by atoms with van der Waals surface area (Å²) in [4.78, 5) is 11.8. The van der Waals surface area contributed by atoms with Crippen LogP contribution in [-0.2, 0) is 12.6 Å². The molecule has 0 amide bonds. The maximum Gasteiger partial charge on any atom is 0.416 e. The third-order valence-electron chi connectivity index (χ3n) is 2.46. The van der Waals surface area contributed by atoms with Gasteiger partial charge in [0.25, 0.3) is 0 Å². The van der Waals surface area contributed by atoms with Crippen molar-refractivity contribution in [2.24, 2.45) is 0 Å². The quantitative estimate of drug-likeness (QED) is 0.764. The molecule has 1 aromatic carbocycles. The summed E-state index contributed by atoms with van der Waals surface area (Å²) in [6.07, 6.45) is -4.39. The van der Waals surface area contributed by atoms with E-state index in [9.17, 15) is 18.0 Å². The minimum atomic E-state index is -4.37. The van der Waals surface area contributed by atoms with E-state index in [1.54, 1.807) is 16.8 Å². The third kappa shape index (κ3) is 2.98. The first-order valence-corrected chi connectivity index (χ1v) is 6.12. The molecular weight excluding hydrogens is 261 g/mol. The van der Waals surface area contributed by atoms with Crippen molar-refractivity contribution in [3.05, 3.63) is 57.8 Å². The Hall–Kier alpha value is -1.62. The summed E-state index contributed by atoms with van der Waals surface area (Å²) in [5, 5.41) is 3.45. The molecule has 0 saturated carbocycles. The van der Waals surface area contributed by atoms with Gasteiger partial charge in [-0.2, -0.15) is 24.5 Å². The lowest BCUT2D eigenvalue weighted by molar-refractivity contribution is -0.137. The van der Waals surface area contributed by atoms with Crippen molar-refractivity contribution in [2.45, 2.75) is 12.6 Å². The van der Waals surface area contributed by atoms with E-state index in [1.807, 2.05) is 0 Å². The number of thiophene rings is 1. The first kappa shape index (κ1) is 12.8. The molecule has 1 aromatic heterocycles. The number of alkyl halides is 3. The molecule has 2 aromatic rings. The van der Waals surface area contributed by atoms with Crippen molar-refractivity contribution in [1.82, 2.24) is 0 Å². The molecule has 0 N–H and O–H groups in total. The van der Waals surface area contributed by atoms with Gasteiger partial charge in [-0.25, -0.2) is 0 Å². The maximum atomic E-state index is 12.5. The molecule has 1 heterocycles. The fourth-order valence-electron chi connectivity index (χ4n) is 1.57. The molecular formula is C13H9F3OS. The highest BCUT2D eigenvalue weighted by Gasteiger charge is 2.30. The average molecular weight is 270 g/mol. The molecule has 2 rings (SSSR count). The van der Waals surface area contributed by atoms with Crippen LogP contribution in [0.25, 0.3) is 0 Å². The standard InChI is InChI=1S/C13H9F3OS/c14-13(15,16)11-3-1-2-9(6-11)7-12(17)10-4-5-18-8-10/h1-6,8H,7H2. The number of carbonyl (C=O) groups is 1. The summed E-state index contributed by atoms with van der Waals surface area (Å²) in [7, 11) is 0. The highest BCUT2D eigenvalue weighted by Crippen LogP contribution is 2.29. The average Bonchev–Trinajstić information content (AvgIpc) is 2.81. The molecule has 0 bridgehead atoms. The van der Waals surface area contributed by atoms with Crippen LogP contribution in [-0.4, -0.2) is 5.78 Å². The van der Waals surface area contributed by atoms with Crippen molar-refractivity contribution in [1.29, 1.82) is 0 Å². The van der Waals surface area contributed by atoms with E-state index < -0.39 is 11.7 Å². The van der Waals surface area contributed by atoms with Crippen LogP contribution in [0.1, 0.15) is 21.5 Å². The van der Waals surface area contributed by atoms with Crippen molar-refractivity contribution in [3.8, 4) is 0 Å². The number of Topliss-reactive ketones (excluding diaryl/α,β-unsaturated/α-hetero) is 1. The summed E-state index contributed by atoms with van der Waals surface area (Å²) in [6, 6.07) is 6.53. The predicted octanol–water partition coefficient (Wildman–Crippen LogP) is 4.19. The Morgan fingerprint density at radius 1 is 1.22 bits per heavy atom. The van der Waals surface area contributed by atoms with Crippen molar-refractivity contribution in [3.63, 3.8) is 0 Å². The van der Waals surface area contributed by atoms with Gasteiger partial charge in [0, 0.05) is 17.4 Å². The Kier molecular flexibility index (Phi) is 3.52. The summed E-state index contributed by atoms with van der Waals surface area (Å²) in [5.41, 5.74) is 0.191. The second-order valence-corrected chi connectivity index (χ2v) is 4.59. The second-order valence-electron chi connectivity index (χ2n) is 3.81. The molecule has 0 aliphatic rings. The number of carbonyl (C=O) groups excluding carboxylic acids is 1.